The van der Waals surface area contributed by atoms with E-state index in [0.29, 0.717) is 12.2 Å². The first-order chi connectivity index (χ1) is 7.67. The van der Waals surface area contributed by atoms with Gasteiger partial charge in [-0.1, -0.05) is 12.8 Å². The van der Waals surface area contributed by atoms with Crippen molar-refractivity contribution in [2.24, 2.45) is 0 Å². The molecule has 0 amide bonds. The van der Waals surface area contributed by atoms with Crippen LogP contribution in [-0.2, 0) is 18.0 Å². The molecular formula is C11H24O4Si. The lowest BCUT2D eigenvalue weighted by atomic mass is 10.1. The van der Waals surface area contributed by atoms with E-state index in [1.165, 1.54) is 19.3 Å². The second-order valence-electron chi connectivity index (χ2n) is 4.27. The summed E-state index contributed by atoms with van der Waals surface area (Å²) in [6.45, 7) is 2.13. The van der Waals surface area contributed by atoms with Gasteiger partial charge < -0.3 is 18.0 Å². The molecule has 0 bridgehead atoms. The highest BCUT2D eigenvalue weighted by molar-refractivity contribution is 6.60. The quantitative estimate of drug-likeness (QED) is 0.356. The molecule has 0 saturated carbocycles. The van der Waals surface area contributed by atoms with Gasteiger partial charge in [0, 0.05) is 27.4 Å². The van der Waals surface area contributed by atoms with Crippen LogP contribution in [0, 0.1) is 0 Å². The van der Waals surface area contributed by atoms with Gasteiger partial charge in [0.1, 0.15) is 0 Å². The van der Waals surface area contributed by atoms with E-state index in [4.69, 9.17) is 18.0 Å². The third-order valence-corrected chi connectivity index (χ3v) is 6.07. The molecule has 0 radical (unpaired) electrons. The van der Waals surface area contributed by atoms with E-state index < -0.39 is 8.80 Å². The Morgan fingerprint density at radius 2 is 1.56 bits per heavy atom. The van der Waals surface area contributed by atoms with Crippen molar-refractivity contribution in [2.45, 2.75) is 50.9 Å². The molecule has 5 heteroatoms. The molecule has 1 heterocycles. The van der Waals surface area contributed by atoms with Crippen LogP contribution in [0.15, 0.2) is 0 Å². The van der Waals surface area contributed by atoms with Crippen LogP contribution in [0.1, 0.15) is 32.6 Å². The van der Waals surface area contributed by atoms with E-state index in [-0.39, 0.29) is 0 Å². The number of epoxide rings is 1. The Bertz CT molecular complexity index is 188. The summed E-state index contributed by atoms with van der Waals surface area (Å²) in [4.78, 5) is 0. The maximum Gasteiger partial charge on any atom is 0.500 e. The van der Waals surface area contributed by atoms with Crippen LogP contribution in [0.5, 0.6) is 0 Å². The predicted octanol–water partition coefficient (Wildman–Crippen LogP) is 2.21. The first kappa shape index (κ1) is 14.1. The van der Waals surface area contributed by atoms with Gasteiger partial charge in [0.2, 0.25) is 0 Å². The summed E-state index contributed by atoms with van der Waals surface area (Å²) >= 11 is 0. The SMILES string of the molecule is CO[Si](CCCCCC1OC1C)(OC)OC. The zero-order chi connectivity index (χ0) is 12.0. The van der Waals surface area contributed by atoms with E-state index in [9.17, 15) is 0 Å². The fraction of sp³-hybridized carbons (Fsp3) is 1.00. The second kappa shape index (κ2) is 6.71. The fourth-order valence-electron chi connectivity index (χ4n) is 1.95. The monoisotopic (exact) mass is 248 g/mol. The molecule has 0 aromatic rings. The van der Waals surface area contributed by atoms with E-state index >= 15 is 0 Å². The predicted molar refractivity (Wildman–Crippen MR) is 64.4 cm³/mol. The third-order valence-electron chi connectivity index (χ3n) is 3.24. The molecule has 0 aliphatic carbocycles. The molecule has 16 heavy (non-hydrogen) atoms. The number of hydrogen-bond acceptors (Lipinski definition) is 4. The fourth-order valence-corrected chi connectivity index (χ4v) is 3.75. The van der Waals surface area contributed by atoms with Gasteiger partial charge in [-0.05, 0) is 19.8 Å². The van der Waals surface area contributed by atoms with Crippen molar-refractivity contribution in [3.8, 4) is 0 Å². The lowest BCUT2D eigenvalue weighted by molar-refractivity contribution is 0.122. The minimum absolute atomic E-state index is 0.491. The van der Waals surface area contributed by atoms with Crippen LogP contribution < -0.4 is 0 Å². The second-order valence-corrected chi connectivity index (χ2v) is 7.37. The molecule has 1 rings (SSSR count). The molecule has 1 aliphatic rings. The summed E-state index contributed by atoms with van der Waals surface area (Å²) in [5, 5.41) is 0. The highest BCUT2D eigenvalue weighted by Crippen LogP contribution is 2.27. The molecule has 0 N–H and O–H groups in total. The van der Waals surface area contributed by atoms with Crippen LogP contribution in [0.25, 0.3) is 0 Å². The molecule has 2 atom stereocenters. The van der Waals surface area contributed by atoms with Crippen molar-refractivity contribution in [3.63, 3.8) is 0 Å². The number of rotatable bonds is 9. The normalized spacial score (nSPS) is 24.8. The first-order valence-corrected chi connectivity index (χ1v) is 7.91. The maximum absolute atomic E-state index is 5.36. The van der Waals surface area contributed by atoms with E-state index in [1.54, 1.807) is 21.3 Å². The van der Waals surface area contributed by atoms with Gasteiger partial charge in [-0.25, -0.2) is 0 Å². The zero-order valence-corrected chi connectivity index (χ0v) is 11.8. The summed E-state index contributed by atoms with van der Waals surface area (Å²) in [6.07, 6.45) is 5.71. The zero-order valence-electron chi connectivity index (χ0n) is 10.8. The topological polar surface area (TPSA) is 40.2 Å². The van der Waals surface area contributed by atoms with Gasteiger partial charge in [-0.2, -0.15) is 0 Å². The van der Waals surface area contributed by atoms with E-state index in [0.717, 1.165) is 12.5 Å². The highest BCUT2D eigenvalue weighted by Gasteiger charge is 2.37. The van der Waals surface area contributed by atoms with Gasteiger partial charge in [0.15, 0.2) is 0 Å². The Morgan fingerprint density at radius 3 is 2.00 bits per heavy atom. The number of unbranched alkanes of at least 4 members (excludes halogenated alkanes) is 2. The van der Waals surface area contributed by atoms with Gasteiger partial charge in [0.05, 0.1) is 12.2 Å². The average Bonchev–Trinajstić information content (AvgIpc) is 3.01. The van der Waals surface area contributed by atoms with Crippen molar-refractivity contribution in [2.75, 3.05) is 21.3 Å². The van der Waals surface area contributed by atoms with Crippen molar-refractivity contribution in [1.82, 2.24) is 0 Å². The van der Waals surface area contributed by atoms with Crippen molar-refractivity contribution >= 4 is 8.80 Å². The molecule has 0 spiro atoms. The van der Waals surface area contributed by atoms with Gasteiger partial charge in [0.25, 0.3) is 0 Å². The Hall–Kier alpha value is 0.0569. The Balaban J connectivity index is 2.04. The molecule has 96 valence electrons. The van der Waals surface area contributed by atoms with Gasteiger partial charge >= 0.3 is 8.80 Å². The smallest absolute Gasteiger partial charge is 0.377 e. The first-order valence-electron chi connectivity index (χ1n) is 5.98. The number of hydrogen-bond donors (Lipinski definition) is 0. The lowest BCUT2D eigenvalue weighted by Crippen LogP contribution is -2.42. The van der Waals surface area contributed by atoms with Crippen LogP contribution in [-0.4, -0.2) is 42.3 Å². The largest absolute Gasteiger partial charge is 0.500 e. The summed E-state index contributed by atoms with van der Waals surface area (Å²) in [6, 6.07) is 0.900. The molecule has 4 nitrogen and oxygen atoms in total. The molecule has 1 saturated heterocycles. The summed E-state index contributed by atoms with van der Waals surface area (Å²) < 4.78 is 21.5. The number of ether oxygens (including phenoxy) is 1. The minimum atomic E-state index is -2.32. The van der Waals surface area contributed by atoms with Crippen LogP contribution in [0.3, 0.4) is 0 Å². The average molecular weight is 248 g/mol. The Kier molecular flexibility index (Phi) is 5.92. The van der Waals surface area contributed by atoms with Gasteiger partial charge in [-0.15, -0.1) is 0 Å². The van der Waals surface area contributed by atoms with Crippen molar-refractivity contribution in [3.05, 3.63) is 0 Å². The standard InChI is InChI=1S/C11H24O4Si/c1-10-11(15-10)8-6-5-7-9-16(12-2,13-3)14-4/h10-11H,5-9H2,1-4H3. The maximum atomic E-state index is 5.36. The van der Waals surface area contributed by atoms with Crippen molar-refractivity contribution < 1.29 is 18.0 Å². The highest BCUT2D eigenvalue weighted by atomic mass is 28.4. The van der Waals surface area contributed by atoms with E-state index in [2.05, 4.69) is 6.92 Å². The van der Waals surface area contributed by atoms with Gasteiger partial charge in [-0.3, -0.25) is 0 Å². The van der Waals surface area contributed by atoms with Crippen LogP contribution >= 0.6 is 0 Å². The molecule has 0 aromatic heterocycles. The van der Waals surface area contributed by atoms with Crippen LogP contribution in [0.2, 0.25) is 6.04 Å². The van der Waals surface area contributed by atoms with Crippen molar-refractivity contribution in [1.29, 1.82) is 0 Å². The Morgan fingerprint density at radius 1 is 1.00 bits per heavy atom. The minimum Gasteiger partial charge on any atom is -0.377 e. The van der Waals surface area contributed by atoms with Crippen LogP contribution in [0.4, 0.5) is 0 Å². The molecule has 1 fully saturated rings. The molecule has 2 unspecified atom stereocenters. The third kappa shape index (κ3) is 4.14. The summed E-state index contributed by atoms with van der Waals surface area (Å²) in [5.41, 5.74) is 0. The lowest BCUT2D eigenvalue weighted by Gasteiger charge is -2.24. The Labute approximate surface area is 99.6 Å². The summed E-state index contributed by atoms with van der Waals surface area (Å²) in [7, 11) is 2.67. The molecule has 1 aliphatic heterocycles. The molecule has 0 aromatic carbocycles. The summed E-state index contributed by atoms with van der Waals surface area (Å²) in [5.74, 6) is 0. The molecular weight excluding hydrogens is 224 g/mol. The van der Waals surface area contributed by atoms with E-state index in [1.807, 2.05) is 0 Å².